The van der Waals surface area contributed by atoms with E-state index in [9.17, 15) is 17.6 Å². The quantitative estimate of drug-likeness (QED) is 0.747. The fourth-order valence-electron chi connectivity index (χ4n) is 1.63. The van der Waals surface area contributed by atoms with Crippen molar-refractivity contribution in [2.24, 2.45) is 0 Å². The average Bonchev–Trinajstić information content (AvgIpc) is 2.40. The number of carbonyl (C=O) groups is 1. The molecule has 0 saturated heterocycles. The lowest BCUT2D eigenvalue weighted by atomic mass is 10.2. The minimum Gasteiger partial charge on any atom is -0.478 e. The van der Waals surface area contributed by atoms with Crippen LogP contribution in [0.4, 0.5) is 15.8 Å². The standard InChI is InChI=1S/C13H11FN2O4S/c14-9-2-1-3-10(7-9)21(19,20)16-12-5-4-8(13(17)18)6-11(12)15/h1-7,16H,15H2,(H,17,18). The van der Waals surface area contributed by atoms with Crippen molar-refractivity contribution < 1.29 is 22.7 Å². The molecule has 2 rings (SSSR count). The minimum atomic E-state index is -4.01. The fourth-order valence-corrected chi connectivity index (χ4v) is 2.75. The van der Waals surface area contributed by atoms with Crippen molar-refractivity contribution in [1.29, 1.82) is 0 Å². The number of nitrogens with one attached hydrogen (secondary N) is 1. The second kappa shape index (κ2) is 5.41. The number of hydrogen-bond donors (Lipinski definition) is 3. The molecule has 0 aliphatic heterocycles. The number of halogens is 1. The third-order valence-electron chi connectivity index (χ3n) is 2.65. The Morgan fingerprint density at radius 1 is 1.19 bits per heavy atom. The van der Waals surface area contributed by atoms with Crippen LogP contribution in [-0.2, 0) is 10.0 Å². The lowest BCUT2D eigenvalue weighted by molar-refractivity contribution is 0.0697. The molecule has 0 aliphatic rings. The summed E-state index contributed by atoms with van der Waals surface area (Å²) in [4.78, 5) is 10.5. The van der Waals surface area contributed by atoms with Gasteiger partial charge in [-0.05, 0) is 36.4 Å². The van der Waals surface area contributed by atoms with E-state index in [1.807, 2.05) is 0 Å². The van der Waals surface area contributed by atoms with Crippen molar-refractivity contribution in [3.05, 3.63) is 53.8 Å². The number of nitrogen functional groups attached to an aromatic ring is 1. The van der Waals surface area contributed by atoms with Crippen LogP contribution in [0.1, 0.15) is 10.4 Å². The molecule has 4 N–H and O–H groups in total. The molecule has 0 radical (unpaired) electrons. The number of anilines is 2. The van der Waals surface area contributed by atoms with Crippen LogP contribution < -0.4 is 10.5 Å². The van der Waals surface area contributed by atoms with Gasteiger partial charge in [0.2, 0.25) is 0 Å². The zero-order valence-corrected chi connectivity index (χ0v) is 11.4. The highest BCUT2D eigenvalue weighted by Gasteiger charge is 2.17. The number of carboxylic acid groups (broad SMARTS) is 1. The van der Waals surface area contributed by atoms with Crippen LogP contribution in [0.3, 0.4) is 0 Å². The first-order valence-corrected chi connectivity index (χ1v) is 7.19. The van der Waals surface area contributed by atoms with E-state index in [2.05, 4.69) is 4.72 Å². The maximum absolute atomic E-state index is 13.1. The van der Waals surface area contributed by atoms with Gasteiger partial charge in [-0.15, -0.1) is 0 Å². The number of sulfonamides is 1. The first kappa shape index (κ1) is 14.8. The molecule has 0 atom stereocenters. The Bertz CT molecular complexity index is 806. The van der Waals surface area contributed by atoms with Crippen LogP contribution in [0.15, 0.2) is 47.4 Å². The van der Waals surface area contributed by atoms with Crippen LogP contribution in [-0.4, -0.2) is 19.5 Å². The van der Waals surface area contributed by atoms with Crippen LogP contribution in [0.25, 0.3) is 0 Å². The van der Waals surface area contributed by atoms with Gasteiger partial charge in [-0.3, -0.25) is 4.72 Å². The van der Waals surface area contributed by atoms with Gasteiger partial charge < -0.3 is 10.8 Å². The molecule has 6 nitrogen and oxygen atoms in total. The summed E-state index contributed by atoms with van der Waals surface area (Å²) in [7, 11) is -4.01. The number of rotatable bonds is 4. The number of aromatic carboxylic acids is 1. The number of benzene rings is 2. The molecular weight excluding hydrogens is 299 g/mol. The zero-order chi connectivity index (χ0) is 15.6. The SMILES string of the molecule is Nc1cc(C(=O)O)ccc1NS(=O)(=O)c1cccc(F)c1. The topological polar surface area (TPSA) is 109 Å². The predicted molar refractivity (Wildman–Crippen MR) is 75.0 cm³/mol. The Balaban J connectivity index is 2.35. The van der Waals surface area contributed by atoms with Crippen molar-refractivity contribution in [3.8, 4) is 0 Å². The molecule has 0 saturated carbocycles. The largest absolute Gasteiger partial charge is 0.478 e. The molecule has 8 heteroatoms. The average molecular weight is 310 g/mol. The highest BCUT2D eigenvalue weighted by Crippen LogP contribution is 2.23. The third-order valence-corrected chi connectivity index (χ3v) is 4.01. The Morgan fingerprint density at radius 2 is 1.90 bits per heavy atom. The second-order valence-electron chi connectivity index (χ2n) is 4.17. The van der Waals surface area contributed by atoms with Gasteiger partial charge in [0, 0.05) is 0 Å². The second-order valence-corrected chi connectivity index (χ2v) is 5.85. The number of hydrogen-bond acceptors (Lipinski definition) is 4. The monoisotopic (exact) mass is 310 g/mol. The fraction of sp³-hybridized carbons (Fsp3) is 0. The first-order chi connectivity index (χ1) is 9.79. The Labute approximate surface area is 120 Å². The maximum Gasteiger partial charge on any atom is 0.335 e. The molecule has 2 aromatic rings. The van der Waals surface area contributed by atoms with Crippen LogP contribution >= 0.6 is 0 Å². The van der Waals surface area contributed by atoms with Gasteiger partial charge in [0.05, 0.1) is 21.8 Å². The van der Waals surface area contributed by atoms with E-state index in [-0.39, 0.29) is 21.8 Å². The Hall–Kier alpha value is -2.61. The normalized spacial score (nSPS) is 11.1. The molecule has 2 aromatic carbocycles. The summed E-state index contributed by atoms with van der Waals surface area (Å²) in [5.41, 5.74) is 5.51. The van der Waals surface area contributed by atoms with Crippen LogP contribution in [0, 0.1) is 5.82 Å². The summed E-state index contributed by atoms with van der Waals surface area (Å²) in [5, 5.41) is 8.81. The smallest absolute Gasteiger partial charge is 0.335 e. The Morgan fingerprint density at radius 3 is 2.48 bits per heavy atom. The van der Waals surface area contributed by atoms with Crippen LogP contribution in [0.2, 0.25) is 0 Å². The van der Waals surface area contributed by atoms with E-state index in [0.29, 0.717) is 0 Å². The molecule has 0 amide bonds. The molecular formula is C13H11FN2O4S. The van der Waals surface area contributed by atoms with Gasteiger partial charge in [-0.25, -0.2) is 17.6 Å². The van der Waals surface area contributed by atoms with Gasteiger partial charge in [0.25, 0.3) is 10.0 Å². The summed E-state index contributed by atoms with van der Waals surface area (Å²) >= 11 is 0. The van der Waals surface area contributed by atoms with E-state index >= 15 is 0 Å². The summed E-state index contributed by atoms with van der Waals surface area (Å²) in [6, 6.07) is 8.05. The highest BCUT2D eigenvalue weighted by atomic mass is 32.2. The summed E-state index contributed by atoms with van der Waals surface area (Å²) in [5.74, 6) is -1.87. The third kappa shape index (κ3) is 3.29. The number of carboxylic acids is 1. The van der Waals surface area contributed by atoms with E-state index in [0.717, 1.165) is 18.2 Å². The Kier molecular flexibility index (Phi) is 3.81. The molecule has 0 aromatic heterocycles. The summed E-state index contributed by atoms with van der Waals surface area (Å²) in [6.45, 7) is 0. The maximum atomic E-state index is 13.1. The zero-order valence-electron chi connectivity index (χ0n) is 10.6. The number of nitrogens with two attached hydrogens (primary N) is 1. The molecule has 0 heterocycles. The lowest BCUT2D eigenvalue weighted by Gasteiger charge is -2.11. The van der Waals surface area contributed by atoms with E-state index in [1.54, 1.807) is 0 Å². The molecule has 110 valence electrons. The molecule has 21 heavy (non-hydrogen) atoms. The predicted octanol–water partition coefficient (Wildman–Crippen LogP) is 1.91. The van der Waals surface area contributed by atoms with E-state index in [1.165, 1.54) is 24.3 Å². The van der Waals surface area contributed by atoms with Gasteiger partial charge in [0.1, 0.15) is 5.82 Å². The van der Waals surface area contributed by atoms with E-state index in [4.69, 9.17) is 10.8 Å². The first-order valence-electron chi connectivity index (χ1n) is 5.71. The lowest BCUT2D eigenvalue weighted by Crippen LogP contribution is -2.14. The summed E-state index contributed by atoms with van der Waals surface area (Å²) < 4.78 is 39.4. The van der Waals surface area contributed by atoms with Gasteiger partial charge in [-0.2, -0.15) is 0 Å². The van der Waals surface area contributed by atoms with Gasteiger partial charge in [0.15, 0.2) is 0 Å². The van der Waals surface area contributed by atoms with Crippen molar-refractivity contribution in [2.45, 2.75) is 4.90 Å². The molecule has 0 unspecified atom stereocenters. The molecule has 0 aliphatic carbocycles. The minimum absolute atomic E-state index is 0.0178. The van der Waals surface area contributed by atoms with Crippen molar-refractivity contribution in [1.82, 2.24) is 0 Å². The van der Waals surface area contributed by atoms with Crippen LogP contribution in [0.5, 0.6) is 0 Å². The van der Waals surface area contributed by atoms with Gasteiger partial charge in [-0.1, -0.05) is 6.07 Å². The van der Waals surface area contributed by atoms with Crippen molar-refractivity contribution in [2.75, 3.05) is 10.5 Å². The van der Waals surface area contributed by atoms with Gasteiger partial charge >= 0.3 is 5.97 Å². The molecule has 0 bridgehead atoms. The molecule has 0 spiro atoms. The summed E-state index contributed by atoms with van der Waals surface area (Å²) in [6.07, 6.45) is 0. The van der Waals surface area contributed by atoms with Crippen molar-refractivity contribution in [3.63, 3.8) is 0 Å². The van der Waals surface area contributed by atoms with Crippen molar-refractivity contribution >= 4 is 27.4 Å². The highest BCUT2D eigenvalue weighted by molar-refractivity contribution is 7.92. The molecule has 0 fully saturated rings. The van der Waals surface area contributed by atoms with E-state index < -0.39 is 21.8 Å².